The van der Waals surface area contributed by atoms with Crippen LogP contribution < -0.4 is 0 Å². The van der Waals surface area contributed by atoms with Crippen molar-refractivity contribution in [2.24, 2.45) is 10.8 Å². The van der Waals surface area contributed by atoms with Gasteiger partial charge in [0.1, 0.15) is 0 Å². The van der Waals surface area contributed by atoms with E-state index in [9.17, 15) is 0 Å². The third-order valence-corrected chi connectivity index (χ3v) is 0. The van der Waals surface area contributed by atoms with E-state index in [0.717, 1.165) is 0 Å². The van der Waals surface area contributed by atoms with Gasteiger partial charge < -0.3 is 12.2 Å². The molecule has 0 aromatic rings. The van der Waals surface area contributed by atoms with Crippen molar-refractivity contribution in [3.8, 4) is 0 Å². The SMILES string of the molecule is CC(C)(C)C.CC(C)(C)C.C[C-]=O.[CH3-].[W+2]. The van der Waals surface area contributed by atoms with Crippen LogP contribution in [0.5, 0.6) is 0 Å². The molecule has 0 aromatic carbocycles. The zero-order valence-electron chi connectivity index (χ0n) is 12.3. The molecule has 0 aliphatic heterocycles. The predicted molar refractivity (Wildman–Crippen MR) is 68.0 cm³/mol. The summed E-state index contributed by atoms with van der Waals surface area (Å²) in [5.74, 6) is 0. The van der Waals surface area contributed by atoms with Gasteiger partial charge in [0.15, 0.2) is 0 Å². The van der Waals surface area contributed by atoms with Gasteiger partial charge in [0.05, 0.1) is 0 Å². The Labute approximate surface area is 113 Å². The van der Waals surface area contributed by atoms with Crippen LogP contribution in [-0.2, 0) is 25.9 Å². The summed E-state index contributed by atoms with van der Waals surface area (Å²) in [4.78, 5) is 8.68. The number of carbonyl (C=O) groups excluding carboxylic acids is 1. The summed E-state index contributed by atoms with van der Waals surface area (Å²) in [5.41, 5.74) is 1.00. The van der Waals surface area contributed by atoms with Gasteiger partial charge in [-0.1, -0.05) is 55.4 Å². The molecule has 0 fully saturated rings. The second-order valence-corrected chi connectivity index (χ2v) is 6.20. The van der Waals surface area contributed by atoms with Gasteiger partial charge in [0.25, 0.3) is 0 Å². The monoisotopic (exact) mass is 386 g/mol. The molecule has 0 radical (unpaired) electrons. The molecule has 0 atom stereocenters. The summed E-state index contributed by atoms with van der Waals surface area (Å²) in [5, 5.41) is 0. The van der Waals surface area contributed by atoms with Crippen LogP contribution in [0.2, 0.25) is 0 Å². The average Bonchev–Trinajstić information content (AvgIpc) is 1.52. The molecule has 0 spiro atoms. The molecule has 2 heteroatoms. The molecule has 0 aliphatic carbocycles. The second kappa shape index (κ2) is 14.4. The maximum atomic E-state index is 8.68. The molecule has 0 saturated heterocycles. The van der Waals surface area contributed by atoms with Crippen LogP contribution in [0.1, 0.15) is 62.3 Å². The van der Waals surface area contributed by atoms with Gasteiger partial charge in [0, 0.05) is 0 Å². The topological polar surface area (TPSA) is 17.1 Å². The fourth-order valence-electron chi connectivity index (χ4n) is 0. The van der Waals surface area contributed by atoms with Gasteiger partial charge in [-0.05, 0) is 10.8 Å². The van der Waals surface area contributed by atoms with Gasteiger partial charge in [-0.3, -0.25) is 6.29 Å². The zero-order chi connectivity index (χ0) is 11.7. The summed E-state index contributed by atoms with van der Waals surface area (Å²) >= 11 is 0. The Bertz CT molecular complexity index is 82.7. The normalized spacial score (nSPS) is 8.87. The Hall–Kier alpha value is 0.358. The molecular weight excluding hydrogens is 356 g/mol. The van der Waals surface area contributed by atoms with E-state index in [-0.39, 0.29) is 28.5 Å². The van der Waals surface area contributed by atoms with Crippen molar-refractivity contribution in [1.82, 2.24) is 0 Å². The summed E-state index contributed by atoms with van der Waals surface area (Å²) in [6.45, 7) is 18.8. The molecule has 1 nitrogen and oxygen atoms in total. The number of hydrogen-bond acceptors (Lipinski definition) is 1. The maximum Gasteiger partial charge on any atom is 2.00 e. The van der Waals surface area contributed by atoms with Gasteiger partial charge in [-0.25, -0.2) is 0 Å². The Morgan fingerprint density at radius 2 is 0.733 bits per heavy atom. The fourth-order valence-corrected chi connectivity index (χ4v) is 0. The van der Waals surface area contributed by atoms with Gasteiger partial charge in [-0.2, -0.15) is 6.92 Å². The first-order chi connectivity index (χ1) is 5.41. The van der Waals surface area contributed by atoms with Crippen molar-refractivity contribution in [3.05, 3.63) is 7.43 Å². The fraction of sp³-hybridized carbons (Fsp3) is 0.846. The van der Waals surface area contributed by atoms with Crippen molar-refractivity contribution in [2.75, 3.05) is 0 Å². The van der Waals surface area contributed by atoms with Crippen molar-refractivity contribution >= 4 is 6.29 Å². The van der Waals surface area contributed by atoms with Crippen LogP contribution in [0.4, 0.5) is 0 Å². The molecule has 0 saturated carbocycles. The van der Waals surface area contributed by atoms with Crippen LogP contribution in [0.3, 0.4) is 0 Å². The first-order valence-electron chi connectivity index (χ1n) is 4.70. The summed E-state index contributed by atoms with van der Waals surface area (Å²) in [6.07, 6.45) is 1.50. The van der Waals surface area contributed by atoms with Crippen LogP contribution >= 0.6 is 0 Å². The maximum absolute atomic E-state index is 8.68. The van der Waals surface area contributed by atoms with Gasteiger partial charge in [-0.15, -0.1) is 0 Å². The Balaban J connectivity index is -0.0000000322. The largest absolute Gasteiger partial charge is 2.00 e. The Kier molecular flexibility index (Phi) is 28.2. The minimum atomic E-state index is 0. The van der Waals surface area contributed by atoms with E-state index in [1.807, 2.05) is 0 Å². The summed E-state index contributed by atoms with van der Waals surface area (Å²) < 4.78 is 0. The smallest absolute Gasteiger partial charge is 0.542 e. The molecule has 0 amide bonds. The van der Waals surface area contributed by atoms with E-state index in [1.165, 1.54) is 13.2 Å². The molecular formula is C13H30OW. The first kappa shape index (κ1) is 29.5. The van der Waals surface area contributed by atoms with Crippen LogP contribution in [0.15, 0.2) is 0 Å². The Morgan fingerprint density at radius 1 is 0.733 bits per heavy atom. The summed E-state index contributed by atoms with van der Waals surface area (Å²) in [6, 6.07) is 0. The van der Waals surface area contributed by atoms with Crippen LogP contribution in [0, 0.1) is 18.3 Å². The van der Waals surface area contributed by atoms with Crippen LogP contribution in [0.25, 0.3) is 0 Å². The van der Waals surface area contributed by atoms with E-state index in [2.05, 4.69) is 55.4 Å². The first-order valence-corrected chi connectivity index (χ1v) is 4.70. The Morgan fingerprint density at radius 3 is 0.733 bits per heavy atom. The molecule has 0 aliphatic rings. The van der Waals surface area contributed by atoms with Crippen molar-refractivity contribution in [1.29, 1.82) is 0 Å². The summed E-state index contributed by atoms with van der Waals surface area (Å²) in [7, 11) is 0. The van der Waals surface area contributed by atoms with Gasteiger partial charge in [0.2, 0.25) is 0 Å². The minimum absolute atomic E-state index is 0. The standard InChI is InChI=1S/2C5H12.C2H3O.CH3.W/c2*1-5(2,3)4;1-2-3;;/h2*1-4H3;1H3;1H3;/q;;2*-1;+2. The van der Waals surface area contributed by atoms with Crippen molar-refractivity contribution in [2.45, 2.75) is 62.3 Å². The zero-order valence-corrected chi connectivity index (χ0v) is 15.2. The van der Waals surface area contributed by atoms with Crippen molar-refractivity contribution < 1.29 is 25.9 Å². The molecule has 0 heterocycles. The predicted octanol–water partition coefficient (Wildman–Crippen LogP) is 4.67. The van der Waals surface area contributed by atoms with E-state index < -0.39 is 0 Å². The van der Waals surface area contributed by atoms with Crippen LogP contribution in [-0.4, -0.2) is 6.29 Å². The van der Waals surface area contributed by atoms with Gasteiger partial charge >= 0.3 is 21.1 Å². The molecule has 0 bridgehead atoms. The number of hydrogen-bond donors (Lipinski definition) is 0. The third kappa shape index (κ3) is 17100. The second-order valence-electron chi connectivity index (χ2n) is 6.20. The molecule has 0 aromatic heterocycles. The molecule has 0 rings (SSSR count). The third-order valence-electron chi connectivity index (χ3n) is 0. The van der Waals surface area contributed by atoms with E-state index in [1.54, 1.807) is 0 Å². The molecule has 0 N–H and O–H groups in total. The minimum Gasteiger partial charge on any atom is -0.542 e. The molecule has 15 heavy (non-hydrogen) atoms. The van der Waals surface area contributed by atoms with E-state index in [0.29, 0.717) is 10.8 Å². The molecule has 0 unspecified atom stereocenters. The quantitative estimate of drug-likeness (QED) is 0.553. The molecule has 94 valence electrons. The van der Waals surface area contributed by atoms with E-state index in [4.69, 9.17) is 4.79 Å². The van der Waals surface area contributed by atoms with Crippen molar-refractivity contribution in [3.63, 3.8) is 0 Å². The number of rotatable bonds is 0. The van der Waals surface area contributed by atoms with E-state index >= 15 is 0 Å². The average molecular weight is 386 g/mol.